The van der Waals surface area contributed by atoms with Gasteiger partial charge < -0.3 is 10.1 Å². The van der Waals surface area contributed by atoms with E-state index in [0.717, 1.165) is 0 Å². The van der Waals surface area contributed by atoms with Crippen molar-refractivity contribution < 1.29 is 14.5 Å². The molecule has 2 rings (SSSR count). The average molecular weight is 293 g/mol. The van der Waals surface area contributed by atoms with Gasteiger partial charge in [0.15, 0.2) is 0 Å². The fourth-order valence-electron chi connectivity index (χ4n) is 2.54. The van der Waals surface area contributed by atoms with Crippen LogP contribution in [-0.4, -0.2) is 47.6 Å². The monoisotopic (exact) mass is 293 g/mol. The predicted octanol–water partition coefficient (Wildman–Crippen LogP) is 1.64. The summed E-state index contributed by atoms with van der Waals surface area (Å²) < 4.78 is 5.60. The number of para-hydroxylation sites is 2. The number of ether oxygens (including phenoxy) is 1. The first-order valence-electron chi connectivity index (χ1n) is 6.87. The molecule has 0 aliphatic carbocycles. The van der Waals surface area contributed by atoms with Crippen molar-refractivity contribution in [2.24, 2.45) is 0 Å². The molecule has 1 aliphatic heterocycles. The van der Waals surface area contributed by atoms with Crippen molar-refractivity contribution in [3.63, 3.8) is 0 Å². The smallest absolute Gasteiger partial charge is 0.292 e. The lowest BCUT2D eigenvalue weighted by Gasteiger charge is -2.34. The molecule has 1 aliphatic rings. The van der Waals surface area contributed by atoms with E-state index < -0.39 is 4.92 Å². The molecular weight excluding hydrogens is 274 g/mol. The molecule has 0 aromatic heterocycles. The van der Waals surface area contributed by atoms with Gasteiger partial charge in [0.1, 0.15) is 5.69 Å². The van der Waals surface area contributed by atoms with Crippen LogP contribution in [0.1, 0.15) is 13.8 Å². The molecule has 1 aromatic carbocycles. The predicted molar refractivity (Wildman–Crippen MR) is 78.2 cm³/mol. The highest BCUT2D eigenvalue weighted by atomic mass is 16.6. The topological polar surface area (TPSA) is 84.7 Å². The van der Waals surface area contributed by atoms with Crippen molar-refractivity contribution in [3.05, 3.63) is 34.4 Å². The summed E-state index contributed by atoms with van der Waals surface area (Å²) in [6.07, 6.45) is 0.153. The van der Waals surface area contributed by atoms with E-state index in [1.807, 2.05) is 18.7 Å². The molecular formula is C14H19N3O4. The van der Waals surface area contributed by atoms with Crippen molar-refractivity contribution in [1.82, 2.24) is 4.90 Å². The third-order valence-corrected chi connectivity index (χ3v) is 3.24. The lowest BCUT2D eigenvalue weighted by molar-refractivity contribution is -0.383. The fraction of sp³-hybridized carbons (Fsp3) is 0.500. The zero-order valence-corrected chi connectivity index (χ0v) is 12.1. The van der Waals surface area contributed by atoms with Gasteiger partial charge in [0.05, 0.1) is 23.7 Å². The van der Waals surface area contributed by atoms with E-state index in [4.69, 9.17) is 4.74 Å². The largest absolute Gasteiger partial charge is 0.373 e. The molecule has 21 heavy (non-hydrogen) atoms. The van der Waals surface area contributed by atoms with Crippen LogP contribution in [0.5, 0.6) is 0 Å². The van der Waals surface area contributed by atoms with Crippen LogP contribution in [0.25, 0.3) is 0 Å². The maximum atomic E-state index is 12.1. The minimum Gasteiger partial charge on any atom is -0.373 e. The second-order valence-corrected chi connectivity index (χ2v) is 5.27. The highest BCUT2D eigenvalue weighted by molar-refractivity contribution is 5.94. The average Bonchev–Trinajstić information content (AvgIpc) is 2.37. The van der Waals surface area contributed by atoms with Crippen LogP contribution in [0.15, 0.2) is 24.3 Å². The number of anilines is 1. The molecule has 2 unspecified atom stereocenters. The second kappa shape index (κ2) is 6.64. The number of rotatable bonds is 4. The number of nitrogens with one attached hydrogen (secondary N) is 1. The lowest BCUT2D eigenvalue weighted by Crippen LogP contribution is -2.48. The number of hydrogen-bond acceptors (Lipinski definition) is 5. The Balaban J connectivity index is 1.97. The summed E-state index contributed by atoms with van der Waals surface area (Å²) in [7, 11) is 0. The molecule has 114 valence electrons. The van der Waals surface area contributed by atoms with Gasteiger partial charge in [-0.3, -0.25) is 19.8 Å². The van der Waals surface area contributed by atoms with E-state index in [1.165, 1.54) is 12.1 Å². The van der Waals surface area contributed by atoms with Gasteiger partial charge in [-0.05, 0) is 19.9 Å². The number of carbonyl (C=O) groups excluding carboxylic acids is 1. The van der Waals surface area contributed by atoms with E-state index in [0.29, 0.717) is 13.1 Å². The Hall–Kier alpha value is -1.99. The molecule has 0 spiro atoms. The third kappa shape index (κ3) is 4.24. The summed E-state index contributed by atoms with van der Waals surface area (Å²) in [4.78, 5) is 24.4. The minimum atomic E-state index is -0.505. The molecule has 7 heteroatoms. The van der Waals surface area contributed by atoms with Crippen LogP contribution in [-0.2, 0) is 9.53 Å². The van der Waals surface area contributed by atoms with Gasteiger partial charge in [-0.25, -0.2) is 0 Å². The van der Waals surface area contributed by atoms with Crippen molar-refractivity contribution in [3.8, 4) is 0 Å². The highest BCUT2D eigenvalue weighted by Crippen LogP contribution is 2.23. The molecule has 1 aromatic rings. The maximum absolute atomic E-state index is 12.1. The highest BCUT2D eigenvalue weighted by Gasteiger charge is 2.24. The Morgan fingerprint density at radius 2 is 2.00 bits per heavy atom. The van der Waals surface area contributed by atoms with Gasteiger partial charge >= 0.3 is 0 Å². The molecule has 1 N–H and O–H groups in total. The maximum Gasteiger partial charge on any atom is 0.292 e. The van der Waals surface area contributed by atoms with Crippen LogP contribution in [0.4, 0.5) is 11.4 Å². The van der Waals surface area contributed by atoms with E-state index in [-0.39, 0.29) is 36.0 Å². The third-order valence-electron chi connectivity index (χ3n) is 3.24. The second-order valence-electron chi connectivity index (χ2n) is 5.27. The van der Waals surface area contributed by atoms with Crippen molar-refractivity contribution in [1.29, 1.82) is 0 Å². The summed E-state index contributed by atoms with van der Waals surface area (Å²) in [6.45, 7) is 5.47. The number of benzene rings is 1. The lowest BCUT2D eigenvalue weighted by atomic mass is 10.2. The van der Waals surface area contributed by atoms with Crippen molar-refractivity contribution >= 4 is 17.3 Å². The molecule has 2 atom stereocenters. The van der Waals surface area contributed by atoms with Crippen LogP contribution in [0.3, 0.4) is 0 Å². The van der Waals surface area contributed by atoms with Gasteiger partial charge in [0.2, 0.25) is 5.91 Å². The van der Waals surface area contributed by atoms with Crippen LogP contribution in [0.2, 0.25) is 0 Å². The van der Waals surface area contributed by atoms with Crippen LogP contribution in [0, 0.1) is 10.1 Å². The van der Waals surface area contributed by atoms with Gasteiger partial charge in [-0.15, -0.1) is 0 Å². The number of amides is 1. The zero-order chi connectivity index (χ0) is 15.4. The number of carbonyl (C=O) groups is 1. The van der Waals surface area contributed by atoms with Gasteiger partial charge in [-0.1, -0.05) is 12.1 Å². The van der Waals surface area contributed by atoms with Crippen LogP contribution < -0.4 is 5.32 Å². The Morgan fingerprint density at radius 3 is 2.62 bits per heavy atom. The summed E-state index contributed by atoms with van der Waals surface area (Å²) in [5, 5.41) is 13.5. The Bertz CT molecular complexity index is 525. The number of nitro benzene ring substituents is 1. The SMILES string of the molecule is CC1CN(CC(=O)Nc2ccccc2[N+](=O)[O-])CC(C)O1. The molecule has 7 nitrogen and oxygen atoms in total. The fourth-order valence-corrected chi connectivity index (χ4v) is 2.54. The number of nitro groups is 1. The number of hydrogen-bond donors (Lipinski definition) is 1. The Kier molecular flexibility index (Phi) is 4.87. The number of morpholine rings is 1. The molecule has 0 saturated carbocycles. The van der Waals surface area contributed by atoms with E-state index in [1.54, 1.807) is 12.1 Å². The van der Waals surface area contributed by atoms with Gasteiger partial charge in [0.25, 0.3) is 5.69 Å². The molecule has 1 amide bonds. The van der Waals surface area contributed by atoms with Gasteiger partial charge in [-0.2, -0.15) is 0 Å². The van der Waals surface area contributed by atoms with Crippen molar-refractivity contribution in [2.45, 2.75) is 26.1 Å². The quantitative estimate of drug-likeness (QED) is 0.674. The van der Waals surface area contributed by atoms with Crippen LogP contribution >= 0.6 is 0 Å². The summed E-state index contributed by atoms with van der Waals surface area (Å²) in [5.74, 6) is -0.259. The van der Waals surface area contributed by atoms with E-state index in [9.17, 15) is 14.9 Å². The standard InChI is InChI=1S/C14H19N3O4/c1-10-7-16(8-11(2)21-10)9-14(18)15-12-5-3-4-6-13(12)17(19)20/h3-6,10-11H,7-9H2,1-2H3,(H,15,18). The van der Waals surface area contributed by atoms with E-state index in [2.05, 4.69) is 5.32 Å². The molecule has 0 bridgehead atoms. The minimum absolute atomic E-state index is 0.0765. The Morgan fingerprint density at radius 1 is 1.38 bits per heavy atom. The Labute approximate surface area is 123 Å². The van der Waals surface area contributed by atoms with E-state index >= 15 is 0 Å². The molecule has 0 radical (unpaired) electrons. The first kappa shape index (κ1) is 15.4. The number of nitrogens with zero attached hydrogens (tertiary/aromatic N) is 2. The molecule has 1 saturated heterocycles. The molecule has 1 heterocycles. The summed E-state index contributed by atoms with van der Waals surface area (Å²) in [5.41, 5.74) is 0.122. The normalized spacial score (nSPS) is 22.8. The first-order chi connectivity index (χ1) is 9.95. The van der Waals surface area contributed by atoms with Gasteiger partial charge in [0, 0.05) is 19.2 Å². The first-order valence-corrected chi connectivity index (χ1v) is 6.87. The van der Waals surface area contributed by atoms with Crippen molar-refractivity contribution in [2.75, 3.05) is 25.0 Å². The zero-order valence-electron chi connectivity index (χ0n) is 12.1. The summed E-state index contributed by atoms with van der Waals surface area (Å²) in [6, 6.07) is 6.12. The molecule has 1 fully saturated rings. The summed E-state index contributed by atoms with van der Waals surface area (Å²) >= 11 is 0.